The number of benzene rings is 2. The Morgan fingerprint density at radius 3 is 2.61 bits per heavy atom. The number of halogens is 1. The molecule has 0 aliphatic carbocycles. The van der Waals surface area contributed by atoms with Crippen LogP contribution in [0.2, 0.25) is 0 Å². The number of non-ortho nitro benzene ring substituents is 1. The van der Waals surface area contributed by atoms with Gasteiger partial charge in [-0.15, -0.1) is 0 Å². The van der Waals surface area contributed by atoms with Crippen LogP contribution in [0, 0.1) is 10.1 Å². The Labute approximate surface area is 168 Å². The van der Waals surface area contributed by atoms with Crippen LogP contribution in [0.5, 0.6) is 5.75 Å². The van der Waals surface area contributed by atoms with E-state index >= 15 is 0 Å². The summed E-state index contributed by atoms with van der Waals surface area (Å²) >= 11 is 3.31. The molecule has 0 saturated carbocycles. The third-order valence-corrected chi connectivity index (χ3v) is 4.01. The molecule has 10 heteroatoms. The predicted octanol–water partition coefficient (Wildman–Crippen LogP) is 2.69. The highest BCUT2D eigenvalue weighted by Gasteiger charge is 2.07. The summed E-state index contributed by atoms with van der Waals surface area (Å²) in [7, 11) is 0. The zero-order chi connectivity index (χ0) is 20.5. The van der Waals surface area contributed by atoms with Gasteiger partial charge in [-0.05, 0) is 30.2 Å². The number of carbonyl (C=O) groups is 2. The second-order valence-electron chi connectivity index (χ2n) is 5.68. The number of carbonyl (C=O) groups excluding carboxylic acids is 2. The molecule has 28 heavy (non-hydrogen) atoms. The molecule has 2 aromatic rings. The first-order chi connectivity index (χ1) is 13.3. The molecule has 0 radical (unpaired) electrons. The fraction of sp³-hybridized carbons (Fsp3) is 0.167. The molecule has 0 bridgehead atoms. The van der Waals surface area contributed by atoms with E-state index in [9.17, 15) is 24.8 Å². The van der Waals surface area contributed by atoms with Crippen LogP contribution < -0.4 is 15.8 Å². The van der Waals surface area contributed by atoms with Crippen LogP contribution in [0.1, 0.15) is 24.8 Å². The number of rotatable bonds is 8. The standard InChI is InChI=1S/C18H17BrN4O5/c19-13-3-1-4-14(10-13)21-17(25)5-2-6-18(26)22-20-11-12-9-15(23(27)28)7-8-16(12)24/h1,3-4,7-11,24H,2,5-6H2,(H,21,25)(H,22,26)/p-1/b20-11-. The number of nitrogens with zero attached hydrogens (tertiary/aromatic N) is 2. The summed E-state index contributed by atoms with van der Waals surface area (Å²) in [6.45, 7) is 0. The van der Waals surface area contributed by atoms with E-state index in [0.717, 1.165) is 28.9 Å². The highest BCUT2D eigenvalue weighted by molar-refractivity contribution is 9.10. The Balaban J connectivity index is 1.75. The number of hydrazone groups is 1. The molecule has 9 nitrogen and oxygen atoms in total. The SMILES string of the molecule is O=C(CCCC(=O)Nc1cccc(Br)c1)N/N=C\c1cc([N+](=O)[O-])ccc1[O-]. The zero-order valence-electron chi connectivity index (χ0n) is 14.6. The molecule has 2 N–H and O–H groups in total. The number of hydrogen-bond acceptors (Lipinski definition) is 6. The van der Waals surface area contributed by atoms with Crippen molar-refractivity contribution in [2.45, 2.75) is 19.3 Å². The van der Waals surface area contributed by atoms with Crippen molar-refractivity contribution in [1.82, 2.24) is 5.43 Å². The second kappa shape index (κ2) is 10.2. The summed E-state index contributed by atoms with van der Waals surface area (Å²) in [6.07, 6.45) is 1.57. The minimum atomic E-state index is -0.630. The van der Waals surface area contributed by atoms with E-state index in [-0.39, 0.29) is 30.0 Å². The summed E-state index contributed by atoms with van der Waals surface area (Å²) in [5.74, 6) is -1.11. The normalized spacial score (nSPS) is 10.6. The number of nitrogens with one attached hydrogen (secondary N) is 2. The minimum absolute atomic E-state index is 0.0112. The molecule has 0 fully saturated rings. The molecular weight excluding hydrogens is 432 g/mol. The van der Waals surface area contributed by atoms with E-state index in [2.05, 4.69) is 31.8 Å². The predicted molar refractivity (Wildman–Crippen MR) is 105 cm³/mol. The van der Waals surface area contributed by atoms with Crippen LogP contribution in [0.4, 0.5) is 11.4 Å². The lowest BCUT2D eigenvalue weighted by atomic mass is 10.2. The van der Waals surface area contributed by atoms with Gasteiger partial charge in [0.05, 0.1) is 11.1 Å². The number of nitro groups is 1. The first-order valence-corrected chi connectivity index (χ1v) is 8.97. The lowest BCUT2D eigenvalue weighted by Crippen LogP contribution is -2.18. The summed E-state index contributed by atoms with van der Waals surface area (Å²) in [6, 6.07) is 10.4. The third kappa shape index (κ3) is 6.80. The summed E-state index contributed by atoms with van der Waals surface area (Å²) < 4.78 is 0.840. The molecular formula is C18H16BrN4O5-. The van der Waals surface area contributed by atoms with Gasteiger partial charge in [-0.2, -0.15) is 5.10 Å². The Bertz CT molecular complexity index is 917. The first-order valence-electron chi connectivity index (χ1n) is 8.18. The number of amides is 2. The fourth-order valence-corrected chi connectivity index (χ4v) is 2.58. The van der Waals surface area contributed by atoms with Gasteiger partial charge in [0.2, 0.25) is 11.8 Å². The van der Waals surface area contributed by atoms with Gasteiger partial charge in [0.25, 0.3) is 5.69 Å². The van der Waals surface area contributed by atoms with Crippen LogP contribution in [-0.2, 0) is 9.59 Å². The fourth-order valence-electron chi connectivity index (χ4n) is 2.18. The van der Waals surface area contributed by atoms with Crippen LogP contribution >= 0.6 is 15.9 Å². The van der Waals surface area contributed by atoms with Gasteiger partial charge in [-0.3, -0.25) is 19.7 Å². The molecule has 0 spiro atoms. The van der Waals surface area contributed by atoms with Crippen molar-refractivity contribution in [2.24, 2.45) is 5.10 Å². The minimum Gasteiger partial charge on any atom is -0.872 e. The summed E-state index contributed by atoms with van der Waals surface area (Å²) in [4.78, 5) is 33.7. The number of anilines is 1. The lowest BCUT2D eigenvalue weighted by molar-refractivity contribution is -0.385. The van der Waals surface area contributed by atoms with E-state index in [1.807, 2.05) is 6.07 Å². The Morgan fingerprint density at radius 2 is 1.89 bits per heavy atom. The Morgan fingerprint density at radius 1 is 1.14 bits per heavy atom. The van der Waals surface area contributed by atoms with Gasteiger partial charge in [0.1, 0.15) is 0 Å². The molecule has 2 amide bonds. The second-order valence-corrected chi connectivity index (χ2v) is 6.60. The average molecular weight is 448 g/mol. The molecule has 0 heterocycles. The van der Waals surface area contributed by atoms with Crippen molar-refractivity contribution >= 4 is 45.3 Å². The highest BCUT2D eigenvalue weighted by Crippen LogP contribution is 2.19. The Kier molecular flexibility index (Phi) is 7.64. The molecule has 0 aromatic heterocycles. The first kappa shape index (κ1) is 21.0. The van der Waals surface area contributed by atoms with Gasteiger partial charge in [-0.25, -0.2) is 5.43 Å². The van der Waals surface area contributed by atoms with Crippen LogP contribution in [0.15, 0.2) is 52.0 Å². The zero-order valence-corrected chi connectivity index (χ0v) is 16.1. The van der Waals surface area contributed by atoms with E-state index in [1.165, 1.54) is 0 Å². The number of hydrogen-bond donors (Lipinski definition) is 2. The average Bonchev–Trinajstić information content (AvgIpc) is 2.63. The van der Waals surface area contributed by atoms with Gasteiger partial charge < -0.3 is 10.4 Å². The van der Waals surface area contributed by atoms with Crippen molar-refractivity contribution in [3.8, 4) is 5.75 Å². The molecule has 146 valence electrons. The van der Waals surface area contributed by atoms with Gasteiger partial charge in [0.15, 0.2) is 0 Å². The van der Waals surface area contributed by atoms with Crippen molar-refractivity contribution in [3.63, 3.8) is 0 Å². The third-order valence-electron chi connectivity index (χ3n) is 3.51. The molecule has 2 rings (SSSR count). The molecule has 2 aromatic carbocycles. The Hall–Kier alpha value is -3.27. The highest BCUT2D eigenvalue weighted by atomic mass is 79.9. The van der Waals surface area contributed by atoms with Crippen molar-refractivity contribution in [2.75, 3.05) is 5.32 Å². The van der Waals surface area contributed by atoms with E-state index < -0.39 is 16.6 Å². The van der Waals surface area contributed by atoms with Crippen LogP contribution in [0.3, 0.4) is 0 Å². The summed E-state index contributed by atoms with van der Waals surface area (Å²) in [5.41, 5.74) is 2.62. The quantitative estimate of drug-likeness (QED) is 0.364. The maximum absolute atomic E-state index is 11.9. The smallest absolute Gasteiger partial charge is 0.270 e. The molecule has 0 atom stereocenters. The van der Waals surface area contributed by atoms with Crippen molar-refractivity contribution < 1.29 is 19.6 Å². The van der Waals surface area contributed by atoms with Crippen molar-refractivity contribution in [3.05, 3.63) is 62.6 Å². The topological polar surface area (TPSA) is 137 Å². The maximum Gasteiger partial charge on any atom is 0.270 e. The molecule has 0 unspecified atom stereocenters. The molecule has 0 aliphatic heterocycles. The largest absolute Gasteiger partial charge is 0.872 e. The number of nitro benzene ring substituents is 1. The molecule has 0 saturated heterocycles. The van der Waals surface area contributed by atoms with Gasteiger partial charge >= 0.3 is 0 Å². The van der Waals surface area contributed by atoms with E-state index in [0.29, 0.717) is 12.1 Å². The van der Waals surface area contributed by atoms with Gasteiger partial charge in [-0.1, -0.05) is 33.8 Å². The maximum atomic E-state index is 11.9. The van der Waals surface area contributed by atoms with E-state index in [4.69, 9.17) is 0 Å². The van der Waals surface area contributed by atoms with Crippen molar-refractivity contribution in [1.29, 1.82) is 0 Å². The van der Waals surface area contributed by atoms with Crippen LogP contribution in [0.25, 0.3) is 0 Å². The monoisotopic (exact) mass is 447 g/mol. The van der Waals surface area contributed by atoms with Crippen LogP contribution in [-0.4, -0.2) is 23.0 Å². The van der Waals surface area contributed by atoms with Gasteiger partial charge in [0, 0.05) is 35.1 Å². The lowest BCUT2D eigenvalue weighted by Gasteiger charge is -2.08. The van der Waals surface area contributed by atoms with E-state index in [1.54, 1.807) is 18.2 Å². The summed E-state index contributed by atoms with van der Waals surface area (Å²) in [5, 5.41) is 28.7. The molecule has 0 aliphatic rings.